The van der Waals surface area contributed by atoms with Crippen molar-refractivity contribution in [3.8, 4) is 0 Å². The standard InChI is InChI=1S/C9H12BrFN4/c1-2-13-9(15-12)14-8-4-3-6(11)5-7(8)10/h3-5H,2,12H2,1H3,(H2,13,14,15). The van der Waals surface area contributed by atoms with E-state index < -0.39 is 0 Å². The number of benzene rings is 1. The molecule has 0 aliphatic rings. The molecule has 0 spiro atoms. The Labute approximate surface area is 95.9 Å². The third kappa shape index (κ3) is 3.49. The molecule has 1 aromatic rings. The van der Waals surface area contributed by atoms with E-state index in [2.05, 4.69) is 31.7 Å². The van der Waals surface area contributed by atoms with Crippen molar-refractivity contribution in [2.45, 2.75) is 6.92 Å². The van der Waals surface area contributed by atoms with Crippen molar-refractivity contribution in [1.82, 2.24) is 5.43 Å². The van der Waals surface area contributed by atoms with Crippen LogP contribution in [-0.4, -0.2) is 12.5 Å². The lowest BCUT2D eigenvalue weighted by molar-refractivity contribution is 0.627. The first-order chi connectivity index (χ1) is 7.17. The molecule has 0 aliphatic carbocycles. The number of nitrogens with two attached hydrogens (primary N) is 1. The first kappa shape index (κ1) is 11.9. The molecule has 0 atom stereocenters. The lowest BCUT2D eigenvalue weighted by Crippen LogP contribution is -2.36. The fourth-order valence-electron chi connectivity index (χ4n) is 0.998. The van der Waals surface area contributed by atoms with Crippen LogP contribution in [0.1, 0.15) is 6.92 Å². The van der Waals surface area contributed by atoms with Gasteiger partial charge < -0.3 is 5.32 Å². The van der Waals surface area contributed by atoms with Crippen LogP contribution in [0.2, 0.25) is 0 Å². The van der Waals surface area contributed by atoms with Crippen molar-refractivity contribution in [2.24, 2.45) is 10.8 Å². The summed E-state index contributed by atoms with van der Waals surface area (Å²) >= 11 is 3.23. The van der Waals surface area contributed by atoms with Gasteiger partial charge in [0.15, 0.2) is 0 Å². The predicted molar refractivity (Wildman–Crippen MR) is 63.0 cm³/mol. The molecule has 1 aromatic carbocycles. The van der Waals surface area contributed by atoms with Gasteiger partial charge in [-0.1, -0.05) is 0 Å². The molecule has 0 aromatic heterocycles. The zero-order chi connectivity index (χ0) is 11.3. The Morgan fingerprint density at radius 3 is 2.87 bits per heavy atom. The molecule has 15 heavy (non-hydrogen) atoms. The van der Waals surface area contributed by atoms with E-state index in [1.165, 1.54) is 12.1 Å². The number of hydrogen-bond donors (Lipinski definition) is 3. The minimum absolute atomic E-state index is 0.304. The minimum Gasteiger partial charge on any atom is -0.324 e. The minimum atomic E-state index is -0.304. The SMILES string of the molecule is CCN=C(NN)Nc1ccc(F)cc1Br. The highest BCUT2D eigenvalue weighted by molar-refractivity contribution is 9.10. The molecule has 0 saturated heterocycles. The number of halogens is 2. The third-order valence-corrected chi connectivity index (χ3v) is 2.29. The lowest BCUT2D eigenvalue weighted by atomic mass is 10.3. The van der Waals surface area contributed by atoms with Crippen LogP contribution < -0.4 is 16.6 Å². The molecule has 0 amide bonds. The van der Waals surface area contributed by atoms with Crippen LogP contribution in [0.5, 0.6) is 0 Å². The molecule has 1 rings (SSSR count). The smallest absolute Gasteiger partial charge is 0.210 e. The monoisotopic (exact) mass is 274 g/mol. The van der Waals surface area contributed by atoms with Crippen molar-refractivity contribution in [1.29, 1.82) is 0 Å². The predicted octanol–water partition coefficient (Wildman–Crippen LogP) is 1.84. The number of hydrazine groups is 1. The maximum absolute atomic E-state index is 12.8. The van der Waals surface area contributed by atoms with Gasteiger partial charge in [-0.2, -0.15) is 0 Å². The van der Waals surface area contributed by atoms with E-state index in [0.717, 1.165) is 0 Å². The van der Waals surface area contributed by atoms with E-state index in [4.69, 9.17) is 5.84 Å². The molecule has 0 saturated carbocycles. The van der Waals surface area contributed by atoms with Crippen LogP contribution in [-0.2, 0) is 0 Å². The van der Waals surface area contributed by atoms with E-state index in [9.17, 15) is 4.39 Å². The summed E-state index contributed by atoms with van der Waals surface area (Å²) in [5.74, 6) is 5.39. The molecule has 0 aliphatic heterocycles. The summed E-state index contributed by atoms with van der Waals surface area (Å²) in [5.41, 5.74) is 3.11. The van der Waals surface area contributed by atoms with E-state index in [1.54, 1.807) is 6.07 Å². The Bertz CT molecular complexity index is 367. The normalized spacial score (nSPS) is 11.3. The molecule has 0 bridgehead atoms. The van der Waals surface area contributed by atoms with Crippen LogP contribution in [0.15, 0.2) is 27.7 Å². The Morgan fingerprint density at radius 1 is 1.60 bits per heavy atom. The summed E-state index contributed by atoms with van der Waals surface area (Å²) in [6.45, 7) is 2.49. The van der Waals surface area contributed by atoms with Crippen LogP contribution in [0, 0.1) is 5.82 Å². The van der Waals surface area contributed by atoms with E-state index in [-0.39, 0.29) is 5.82 Å². The van der Waals surface area contributed by atoms with E-state index >= 15 is 0 Å². The van der Waals surface area contributed by atoms with Crippen molar-refractivity contribution >= 4 is 27.6 Å². The number of aliphatic imine (C=N–C) groups is 1. The number of guanidine groups is 1. The average molecular weight is 275 g/mol. The van der Waals surface area contributed by atoms with Crippen LogP contribution in [0.25, 0.3) is 0 Å². The van der Waals surface area contributed by atoms with Crippen LogP contribution in [0.3, 0.4) is 0 Å². The fraction of sp³-hybridized carbons (Fsp3) is 0.222. The summed E-state index contributed by atoms with van der Waals surface area (Å²) in [7, 11) is 0. The van der Waals surface area contributed by atoms with Gasteiger partial charge in [-0.15, -0.1) is 0 Å². The summed E-state index contributed by atoms with van der Waals surface area (Å²) < 4.78 is 13.4. The quantitative estimate of drug-likeness (QED) is 0.334. The average Bonchev–Trinajstić information content (AvgIpc) is 2.21. The molecule has 0 radical (unpaired) electrons. The second-order valence-corrected chi connectivity index (χ2v) is 3.57. The molecule has 4 N–H and O–H groups in total. The van der Waals surface area contributed by atoms with Crippen molar-refractivity contribution in [2.75, 3.05) is 11.9 Å². The van der Waals surface area contributed by atoms with Crippen LogP contribution in [0.4, 0.5) is 10.1 Å². The lowest BCUT2D eigenvalue weighted by Gasteiger charge is -2.10. The zero-order valence-corrected chi connectivity index (χ0v) is 9.81. The topological polar surface area (TPSA) is 62.4 Å². The second kappa shape index (κ2) is 5.67. The Balaban J connectivity index is 2.84. The number of rotatable bonds is 2. The molecule has 82 valence electrons. The van der Waals surface area contributed by atoms with E-state index in [0.29, 0.717) is 22.7 Å². The second-order valence-electron chi connectivity index (χ2n) is 2.72. The fourth-order valence-corrected chi connectivity index (χ4v) is 1.45. The largest absolute Gasteiger partial charge is 0.324 e. The molecular formula is C9H12BrFN4. The van der Waals surface area contributed by atoms with Gasteiger partial charge in [-0.05, 0) is 41.1 Å². The molecule has 0 fully saturated rings. The zero-order valence-electron chi connectivity index (χ0n) is 8.22. The van der Waals surface area contributed by atoms with Crippen molar-refractivity contribution < 1.29 is 4.39 Å². The number of nitrogens with zero attached hydrogens (tertiary/aromatic N) is 1. The maximum atomic E-state index is 12.8. The molecule has 0 heterocycles. The van der Waals surface area contributed by atoms with Gasteiger partial charge in [0.1, 0.15) is 5.82 Å². The highest BCUT2D eigenvalue weighted by Gasteiger charge is 2.03. The Hall–Kier alpha value is -1.14. The van der Waals surface area contributed by atoms with Gasteiger partial charge in [0, 0.05) is 11.0 Å². The van der Waals surface area contributed by atoms with Crippen molar-refractivity contribution in [3.63, 3.8) is 0 Å². The highest BCUT2D eigenvalue weighted by Crippen LogP contribution is 2.22. The molecule has 6 heteroatoms. The Kier molecular flexibility index (Phi) is 4.51. The Morgan fingerprint density at radius 2 is 2.33 bits per heavy atom. The summed E-state index contributed by atoms with van der Waals surface area (Å²) in [4.78, 5) is 4.06. The summed E-state index contributed by atoms with van der Waals surface area (Å²) in [5, 5.41) is 2.93. The maximum Gasteiger partial charge on any atom is 0.210 e. The van der Waals surface area contributed by atoms with E-state index in [1.807, 2.05) is 6.92 Å². The van der Waals surface area contributed by atoms with Gasteiger partial charge in [-0.25, -0.2) is 10.2 Å². The van der Waals surface area contributed by atoms with Crippen molar-refractivity contribution in [3.05, 3.63) is 28.5 Å². The summed E-state index contributed by atoms with van der Waals surface area (Å²) in [6.07, 6.45) is 0. The van der Waals surface area contributed by atoms with Gasteiger partial charge in [0.05, 0.1) is 5.69 Å². The van der Waals surface area contributed by atoms with Gasteiger partial charge >= 0.3 is 0 Å². The molecule has 4 nitrogen and oxygen atoms in total. The van der Waals surface area contributed by atoms with Gasteiger partial charge in [0.2, 0.25) is 5.96 Å². The van der Waals surface area contributed by atoms with Gasteiger partial charge in [0.25, 0.3) is 0 Å². The molecule has 0 unspecified atom stereocenters. The highest BCUT2D eigenvalue weighted by atomic mass is 79.9. The van der Waals surface area contributed by atoms with Gasteiger partial charge in [-0.3, -0.25) is 10.4 Å². The molecular weight excluding hydrogens is 263 g/mol. The number of nitrogens with one attached hydrogen (secondary N) is 2. The van der Waals surface area contributed by atoms with Crippen LogP contribution >= 0.6 is 15.9 Å². The first-order valence-corrected chi connectivity index (χ1v) is 5.19. The number of anilines is 1. The third-order valence-electron chi connectivity index (χ3n) is 1.64. The number of hydrogen-bond acceptors (Lipinski definition) is 2. The summed E-state index contributed by atoms with van der Waals surface area (Å²) in [6, 6.07) is 4.32. The first-order valence-electron chi connectivity index (χ1n) is 4.40.